The summed E-state index contributed by atoms with van der Waals surface area (Å²) in [4.78, 5) is 26.2. The van der Waals surface area contributed by atoms with Crippen LogP contribution in [-0.2, 0) is 45.0 Å². The Morgan fingerprint density at radius 1 is 0.696 bits per heavy atom. The van der Waals surface area contributed by atoms with Crippen molar-refractivity contribution in [1.82, 2.24) is 4.90 Å². The lowest BCUT2D eigenvalue weighted by molar-refractivity contribution is -0.143. The van der Waals surface area contributed by atoms with E-state index in [2.05, 4.69) is 83.8 Å². The summed E-state index contributed by atoms with van der Waals surface area (Å²) in [6.07, 6.45) is 5.04. The Hall–Kier alpha value is -4.26. The summed E-state index contributed by atoms with van der Waals surface area (Å²) in [5, 5.41) is 0. The molecule has 242 valence electrons. The van der Waals surface area contributed by atoms with Crippen LogP contribution < -0.4 is 0 Å². The van der Waals surface area contributed by atoms with Gasteiger partial charge in [-0.15, -0.1) is 0 Å². The van der Waals surface area contributed by atoms with Gasteiger partial charge in [-0.1, -0.05) is 103 Å². The third-order valence-corrected chi connectivity index (χ3v) is 8.06. The van der Waals surface area contributed by atoms with E-state index in [-0.39, 0.29) is 18.0 Å². The Morgan fingerprint density at radius 2 is 1.30 bits per heavy atom. The molecule has 0 aliphatic carbocycles. The normalized spacial score (nSPS) is 11.7. The number of benzene rings is 4. The molecule has 0 spiro atoms. The third kappa shape index (κ3) is 11.9. The zero-order chi connectivity index (χ0) is 32.4. The maximum absolute atomic E-state index is 12.0. The van der Waals surface area contributed by atoms with Gasteiger partial charge < -0.3 is 14.2 Å². The van der Waals surface area contributed by atoms with E-state index in [9.17, 15) is 9.59 Å². The monoisotopic (exact) mass is 621 g/mol. The fourth-order valence-electron chi connectivity index (χ4n) is 5.46. The fraction of sp³-hybridized carbons (Fsp3) is 0.350. The molecule has 0 aliphatic heterocycles. The molecule has 0 heterocycles. The molecule has 0 N–H and O–H groups in total. The van der Waals surface area contributed by atoms with Crippen molar-refractivity contribution in [3.05, 3.63) is 143 Å². The second-order valence-corrected chi connectivity index (χ2v) is 11.6. The minimum absolute atomic E-state index is 0.132. The number of aryl methyl sites for hydroxylation is 2. The number of unbranched alkanes of at least 4 members (excludes halogenated alkanes) is 2. The third-order valence-electron chi connectivity index (χ3n) is 8.06. The molecule has 0 amide bonds. The minimum Gasteiger partial charge on any atom is -0.466 e. The number of nitrogens with zero attached hydrogens (tertiary/aromatic N) is 1. The average molecular weight is 622 g/mol. The summed E-state index contributed by atoms with van der Waals surface area (Å²) in [5.74, 6) is -0.474. The van der Waals surface area contributed by atoms with E-state index in [1.807, 2.05) is 37.3 Å². The highest BCUT2D eigenvalue weighted by Crippen LogP contribution is 2.23. The summed E-state index contributed by atoms with van der Waals surface area (Å²) in [6, 6.07) is 37.3. The number of ether oxygens (including phenoxy) is 3. The highest BCUT2D eigenvalue weighted by molar-refractivity contribution is 5.89. The number of methoxy groups -OCH3 is 1. The van der Waals surface area contributed by atoms with Crippen molar-refractivity contribution in [3.63, 3.8) is 0 Å². The quantitative estimate of drug-likeness (QED) is 0.0778. The Morgan fingerprint density at radius 3 is 1.96 bits per heavy atom. The van der Waals surface area contributed by atoms with Gasteiger partial charge in [0.1, 0.15) is 0 Å². The zero-order valence-corrected chi connectivity index (χ0v) is 27.2. The van der Waals surface area contributed by atoms with Gasteiger partial charge in [0.15, 0.2) is 0 Å². The predicted octanol–water partition coefficient (Wildman–Crippen LogP) is 8.14. The maximum atomic E-state index is 12.0. The predicted molar refractivity (Wildman–Crippen MR) is 182 cm³/mol. The molecule has 4 rings (SSSR count). The Balaban J connectivity index is 1.41. The van der Waals surface area contributed by atoms with E-state index in [1.54, 1.807) is 0 Å². The number of carbonyl (C=O) groups excluding carboxylic acids is 2. The lowest BCUT2D eigenvalue weighted by atomic mass is 10.0. The van der Waals surface area contributed by atoms with Crippen LogP contribution in [0.15, 0.2) is 109 Å². The summed E-state index contributed by atoms with van der Waals surface area (Å²) in [5.41, 5.74) is 6.59. The van der Waals surface area contributed by atoms with Crippen LogP contribution in [0.2, 0.25) is 0 Å². The molecular formula is C40H47NO5. The van der Waals surface area contributed by atoms with Crippen molar-refractivity contribution in [2.45, 2.75) is 64.7 Å². The van der Waals surface area contributed by atoms with E-state index >= 15 is 0 Å². The van der Waals surface area contributed by atoms with Crippen molar-refractivity contribution >= 4 is 11.9 Å². The molecule has 0 aliphatic rings. The molecule has 4 aromatic rings. The molecule has 0 bridgehead atoms. The summed E-state index contributed by atoms with van der Waals surface area (Å²) in [6.45, 7) is 5.03. The van der Waals surface area contributed by atoms with E-state index < -0.39 is 0 Å². The second kappa shape index (κ2) is 19.3. The van der Waals surface area contributed by atoms with Crippen molar-refractivity contribution in [3.8, 4) is 0 Å². The minimum atomic E-state index is -0.341. The van der Waals surface area contributed by atoms with Gasteiger partial charge in [0.2, 0.25) is 0 Å². The molecule has 0 radical (unpaired) electrons. The van der Waals surface area contributed by atoms with Crippen LogP contribution in [0, 0.1) is 0 Å². The van der Waals surface area contributed by atoms with Crippen LogP contribution in [0.5, 0.6) is 0 Å². The van der Waals surface area contributed by atoms with Crippen LogP contribution in [0.1, 0.15) is 76.9 Å². The van der Waals surface area contributed by atoms with E-state index in [4.69, 9.17) is 14.2 Å². The zero-order valence-electron chi connectivity index (χ0n) is 27.2. The Labute approximate surface area is 274 Å². The SMILES string of the molecule is CCOC(=O)CCCCCN(Cc1ccc(C(=O)OC)cc1)CC(OCc1ccc(CCc2ccccc2)cc1)c1ccccc1. The fourth-order valence-corrected chi connectivity index (χ4v) is 5.46. The molecule has 1 atom stereocenters. The van der Waals surface area contributed by atoms with Crippen LogP contribution in [0.25, 0.3) is 0 Å². The van der Waals surface area contributed by atoms with Gasteiger partial charge in [0.05, 0.1) is 32.0 Å². The van der Waals surface area contributed by atoms with Gasteiger partial charge in [-0.05, 0) is 79.1 Å². The van der Waals surface area contributed by atoms with E-state index in [0.717, 1.165) is 55.3 Å². The lowest BCUT2D eigenvalue weighted by Crippen LogP contribution is -2.30. The lowest BCUT2D eigenvalue weighted by Gasteiger charge is -2.28. The van der Waals surface area contributed by atoms with Gasteiger partial charge in [-0.25, -0.2) is 4.79 Å². The first-order valence-electron chi connectivity index (χ1n) is 16.4. The first-order chi connectivity index (χ1) is 22.5. The van der Waals surface area contributed by atoms with Crippen molar-refractivity contribution in [2.24, 2.45) is 0 Å². The van der Waals surface area contributed by atoms with Crippen LogP contribution in [0.3, 0.4) is 0 Å². The summed E-state index contributed by atoms with van der Waals surface area (Å²) >= 11 is 0. The molecular weight excluding hydrogens is 574 g/mol. The van der Waals surface area contributed by atoms with Gasteiger partial charge in [0, 0.05) is 19.5 Å². The van der Waals surface area contributed by atoms with E-state index in [1.165, 1.54) is 18.2 Å². The number of carbonyl (C=O) groups is 2. The van der Waals surface area contributed by atoms with E-state index in [0.29, 0.717) is 38.3 Å². The highest BCUT2D eigenvalue weighted by Gasteiger charge is 2.18. The number of rotatable bonds is 19. The standard InChI is InChI=1S/C40H47NO5/c1-3-45-39(42)17-11-6-12-28-41(29-34-24-26-37(27-25-34)40(43)44-2)30-38(36-15-9-5-10-16-36)46-31-35-22-20-33(21-23-35)19-18-32-13-7-4-8-14-32/h4-5,7-10,13-16,20-27,38H,3,6,11-12,17-19,28-31H2,1-2H3. The van der Waals surface area contributed by atoms with Crippen molar-refractivity contribution in [1.29, 1.82) is 0 Å². The molecule has 1 unspecified atom stereocenters. The first-order valence-corrected chi connectivity index (χ1v) is 16.4. The second-order valence-electron chi connectivity index (χ2n) is 11.6. The molecule has 0 saturated carbocycles. The smallest absolute Gasteiger partial charge is 0.337 e. The van der Waals surface area contributed by atoms with Gasteiger partial charge in [0.25, 0.3) is 0 Å². The maximum Gasteiger partial charge on any atom is 0.337 e. The molecule has 46 heavy (non-hydrogen) atoms. The molecule has 6 heteroatoms. The molecule has 0 aromatic heterocycles. The topological polar surface area (TPSA) is 65.1 Å². The van der Waals surface area contributed by atoms with Crippen LogP contribution in [-0.4, -0.2) is 43.6 Å². The Kier molecular flexibility index (Phi) is 14.5. The van der Waals surface area contributed by atoms with Crippen molar-refractivity contribution < 1.29 is 23.8 Å². The largest absolute Gasteiger partial charge is 0.466 e. The molecule has 4 aromatic carbocycles. The summed E-state index contributed by atoms with van der Waals surface area (Å²) in [7, 11) is 1.39. The Bertz CT molecular complexity index is 1440. The average Bonchev–Trinajstić information content (AvgIpc) is 3.10. The van der Waals surface area contributed by atoms with Gasteiger partial charge in [-0.2, -0.15) is 0 Å². The number of hydrogen-bond acceptors (Lipinski definition) is 6. The summed E-state index contributed by atoms with van der Waals surface area (Å²) < 4.78 is 16.6. The van der Waals surface area contributed by atoms with Crippen LogP contribution >= 0.6 is 0 Å². The first kappa shape index (κ1) is 34.6. The van der Waals surface area contributed by atoms with Crippen molar-refractivity contribution in [2.75, 3.05) is 26.8 Å². The van der Waals surface area contributed by atoms with Gasteiger partial charge in [-0.3, -0.25) is 9.69 Å². The molecule has 6 nitrogen and oxygen atoms in total. The number of hydrogen-bond donors (Lipinski definition) is 0. The highest BCUT2D eigenvalue weighted by atomic mass is 16.5. The number of esters is 2. The molecule has 0 saturated heterocycles. The molecule has 0 fully saturated rings. The van der Waals surface area contributed by atoms with Crippen LogP contribution in [0.4, 0.5) is 0 Å². The van der Waals surface area contributed by atoms with Gasteiger partial charge >= 0.3 is 11.9 Å².